The summed E-state index contributed by atoms with van der Waals surface area (Å²) < 4.78 is 1.22. The minimum absolute atomic E-state index is 0.170. The normalized spacial score (nSPS) is 10.8. The average molecular weight is 356 g/mol. The molecule has 0 bridgehead atoms. The lowest BCUT2D eigenvalue weighted by atomic mass is 10.2. The molecule has 0 spiro atoms. The molecule has 0 unspecified atom stereocenters. The van der Waals surface area contributed by atoms with Gasteiger partial charge in [0.2, 0.25) is 5.91 Å². The van der Waals surface area contributed by atoms with Crippen LogP contribution >= 0.6 is 11.3 Å². The highest BCUT2D eigenvalue weighted by Crippen LogP contribution is 2.26. The molecular weight excluding hydrogens is 340 g/mol. The summed E-state index contributed by atoms with van der Waals surface area (Å²) >= 11 is 1.08. The second-order valence-corrected chi connectivity index (χ2v) is 6.69. The maximum atomic E-state index is 12.6. The smallest absolute Gasteiger partial charge is 0.262 e. The minimum Gasteiger partial charge on any atom is -0.365 e. The number of aromatic nitrogens is 2. The molecule has 3 rings (SSSR count). The van der Waals surface area contributed by atoms with Crippen LogP contribution in [0.4, 0.5) is 5.69 Å². The van der Waals surface area contributed by atoms with Gasteiger partial charge in [-0.2, -0.15) is 0 Å². The summed E-state index contributed by atoms with van der Waals surface area (Å²) in [6, 6.07) is 7.35. The van der Waals surface area contributed by atoms with Gasteiger partial charge in [-0.15, -0.1) is 11.3 Å². The van der Waals surface area contributed by atoms with Crippen molar-refractivity contribution < 1.29 is 9.59 Å². The van der Waals surface area contributed by atoms with E-state index in [1.54, 1.807) is 19.1 Å². The Kier molecular flexibility index (Phi) is 4.37. The number of nitrogens with one attached hydrogen (secondary N) is 1. The Balaban J connectivity index is 1.88. The molecule has 0 atom stereocenters. The number of aryl methyl sites for hydroxylation is 2. The van der Waals surface area contributed by atoms with E-state index >= 15 is 0 Å². The number of carbonyl (C=O) groups is 2. The number of hydrogen-bond donors (Lipinski definition) is 2. The van der Waals surface area contributed by atoms with Gasteiger partial charge in [-0.3, -0.25) is 19.0 Å². The SMILES string of the molecule is Cc1ccc(NC(=O)Cn2cnc3sc(C(N)=O)c(C)c3c2=O)cc1. The van der Waals surface area contributed by atoms with Gasteiger partial charge < -0.3 is 11.1 Å². The molecule has 2 aromatic heterocycles. The molecule has 3 N–H and O–H groups in total. The zero-order valence-electron chi connectivity index (χ0n) is 13.7. The van der Waals surface area contributed by atoms with Gasteiger partial charge in [-0.1, -0.05) is 17.7 Å². The number of primary amides is 1. The summed E-state index contributed by atoms with van der Waals surface area (Å²) in [6.45, 7) is 3.44. The van der Waals surface area contributed by atoms with Crippen molar-refractivity contribution in [2.75, 3.05) is 5.32 Å². The van der Waals surface area contributed by atoms with Crippen LogP contribution in [0.2, 0.25) is 0 Å². The van der Waals surface area contributed by atoms with Crippen molar-refractivity contribution in [3.05, 3.63) is 57.0 Å². The third kappa shape index (κ3) is 3.29. The Morgan fingerprint density at radius 2 is 1.92 bits per heavy atom. The Morgan fingerprint density at radius 1 is 1.24 bits per heavy atom. The fourth-order valence-electron chi connectivity index (χ4n) is 2.50. The average Bonchev–Trinajstić information content (AvgIpc) is 2.90. The standard InChI is InChI=1S/C17H16N4O3S/c1-9-3-5-11(6-4-9)20-12(22)7-21-8-19-16-13(17(21)24)10(2)14(25-16)15(18)23/h3-6,8H,7H2,1-2H3,(H2,18,23)(H,20,22). The molecule has 2 heterocycles. The van der Waals surface area contributed by atoms with Gasteiger partial charge in [-0.25, -0.2) is 4.98 Å². The Morgan fingerprint density at radius 3 is 2.56 bits per heavy atom. The van der Waals surface area contributed by atoms with Crippen molar-refractivity contribution in [1.82, 2.24) is 9.55 Å². The van der Waals surface area contributed by atoms with Crippen LogP contribution in [0.15, 0.2) is 35.4 Å². The summed E-state index contributed by atoms with van der Waals surface area (Å²) in [5, 5.41) is 3.06. The van der Waals surface area contributed by atoms with E-state index in [0.29, 0.717) is 26.3 Å². The molecule has 0 aliphatic heterocycles. The Labute approximate surface area is 147 Å². The zero-order chi connectivity index (χ0) is 18.1. The molecule has 8 heteroatoms. The zero-order valence-corrected chi connectivity index (χ0v) is 14.5. The number of fused-ring (bicyclic) bond motifs is 1. The third-order valence-electron chi connectivity index (χ3n) is 3.79. The number of thiophene rings is 1. The Bertz CT molecular complexity index is 1030. The molecule has 0 aliphatic rings. The molecule has 128 valence electrons. The van der Waals surface area contributed by atoms with E-state index in [1.807, 2.05) is 19.1 Å². The number of carbonyl (C=O) groups excluding carboxylic acids is 2. The van der Waals surface area contributed by atoms with E-state index < -0.39 is 5.91 Å². The maximum Gasteiger partial charge on any atom is 0.262 e. The molecule has 0 saturated carbocycles. The van der Waals surface area contributed by atoms with Crippen molar-refractivity contribution in [2.45, 2.75) is 20.4 Å². The van der Waals surface area contributed by atoms with Crippen LogP contribution in [-0.2, 0) is 11.3 Å². The predicted molar refractivity (Wildman–Crippen MR) is 96.9 cm³/mol. The first-order valence-electron chi connectivity index (χ1n) is 7.51. The molecule has 2 amide bonds. The monoisotopic (exact) mass is 356 g/mol. The van der Waals surface area contributed by atoms with Gasteiger partial charge in [0.25, 0.3) is 11.5 Å². The van der Waals surface area contributed by atoms with E-state index in [0.717, 1.165) is 16.9 Å². The maximum absolute atomic E-state index is 12.6. The van der Waals surface area contributed by atoms with Gasteiger partial charge >= 0.3 is 0 Å². The molecule has 0 saturated heterocycles. The van der Waals surface area contributed by atoms with E-state index in [2.05, 4.69) is 10.3 Å². The molecule has 25 heavy (non-hydrogen) atoms. The first-order chi connectivity index (χ1) is 11.9. The number of anilines is 1. The van der Waals surface area contributed by atoms with Crippen molar-refractivity contribution in [1.29, 1.82) is 0 Å². The summed E-state index contributed by atoms with van der Waals surface area (Å²) in [5.74, 6) is -0.932. The summed E-state index contributed by atoms with van der Waals surface area (Å²) in [6.07, 6.45) is 1.31. The molecule has 0 aliphatic carbocycles. The largest absolute Gasteiger partial charge is 0.365 e. The molecule has 3 aromatic rings. The lowest BCUT2D eigenvalue weighted by molar-refractivity contribution is -0.116. The van der Waals surface area contributed by atoms with Crippen molar-refractivity contribution in [3.63, 3.8) is 0 Å². The molecular formula is C17H16N4O3S. The van der Waals surface area contributed by atoms with Crippen LogP contribution in [0.25, 0.3) is 10.2 Å². The van der Waals surface area contributed by atoms with Gasteiger partial charge in [-0.05, 0) is 31.5 Å². The molecule has 0 fully saturated rings. The van der Waals surface area contributed by atoms with Crippen LogP contribution in [-0.4, -0.2) is 21.4 Å². The number of benzene rings is 1. The van der Waals surface area contributed by atoms with Crippen LogP contribution < -0.4 is 16.6 Å². The summed E-state index contributed by atoms with van der Waals surface area (Å²) in [7, 11) is 0. The van der Waals surface area contributed by atoms with E-state index in [4.69, 9.17) is 5.73 Å². The highest BCUT2D eigenvalue weighted by Gasteiger charge is 2.18. The van der Waals surface area contributed by atoms with Crippen LogP contribution in [0.1, 0.15) is 20.8 Å². The molecule has 7 nitrogen and oxygen atoms in total. The summed E-state index contributed by atoms with van der Waals surface area (Å²) in [5.41, 5.74) is 7.18. The first kappa shape index (κ1) is 16.8. The topological polar surface area (TPSA) is 107 Å². The minimum atomic E-state index is -0.594. The van der Waals surface area contributed by atoms with Crippen LogP contribution in [0, 0.1) is 13.8 Å². The Hall–Kier alpha value is -3.00. The fourth-order valence-corrected chi connectivity index (χ4v) is 3.49. The van der Waals surface area contributed by atoms with Gasteiger partial charge in [0.1, 0.15) is 11.4 Å². The third-order valence-corrected chi connectivity index (χ3v) is 5.00. The lowest BCUT2D eigenvalue weighted by Gasteiger charge is -2.07. The van der Waals surface area contributed by atoms with Crippen molar-refractivity contribution in [3.8, 4) is 0 Å². The predicted octanol–water partition coefficient (Wildman–Crippen LogP) is 1.81. The van der Waals surface area contributed by atoms with Crippen molar-refractivity contribution in [2.24, 2.45) is 5.73 Å². The second-order valence-electron chi connectivity index (χ2n) is 5.69. The van der Waals surface area contributed by atoms with Crippen LogP contribution in [0.3, 0.4) is 0 Å². The van der Waals surface area contributed by atoms with E-state index in [9.17, 15) is 14.4 Å². The van der Waals surface area contributed by atoms with E-state index in [1.165, 1.54) is 10.9 Å². The van der Waals surface area contributed by atoms with Gasteiger partial charge in [0.15, 0.2) is 0 Å². The van der Waals surface area contributed by atoms with Crippen molar-refractivity contribution >= 4 is 39.1 Å². The number of nitrogens with zero attached hydrogens (tertiary/aromatic N) is 2. The van der Waals surface area contributed by atoms with Gasteiger partial charge in [0.05, 0.1) is 16.6 Å². The number of nitrogens with two attached hydrogens (primary N) is 1. The number of amides is 2. The number of hydrogen-bond acceptors (Lipinski definition) is 5. The molecule has 0 radical (unpaired) electrons. The van der Waals surface area contributed by atoms with Gasteiger partial charge in [0, 0.05) is 5.69 Å². The lowest BCUT2D eigenvalue weighted by Crippen LogP contribution is -2.28. The highest BCUT2D eigenvalue weighted by atomic mass is 32.1. The first-order valence-corrected chi connectivity index (χ1v) is 8.33. The second kappa shape index (κ2) is 6.48. The summed E-state index contributed by atoms with van der Waals surface area (Å²) in [4.78, 5) is 41.1. The van der Waals surface area contributed by atoms with Crippen LogP contribution in [0.5, 0.6) is 0 Å². The molecule has 1 aromatic carbocycles. The fraction of sp³-hybridized carbons (Fsp3) is 0.176. The number of rotatable bonds is 4. The quantitative estimate of drug-likeness (QED) is 0.743. The van der Waals surface area contributed by atoms with E-state index in [-0.39, 0.29) is 18.0 Å². The highest BCUT2D eigenvalue weighted by molar-refractivity contribution is 7.20.